The molecule has 2 N–H and O–H groups in total. The summed E-state index contributed by atoms with van der Waals surface area (Å²) in [5.74, 6) is 5.89. The van der Waals surface area contributed by atoms with Crippen LogP contribution in [0.4, 0.5) is 0 Å². The SMILES string of the molecule is NCC#Cc1cccc(COC2CCOCC2)c1. The topological polar surface area (TPSA) is 44.5 Å². The summed E-state index contributed by atoms with van der Waals surface area (Å²) in [7, 11) is 0. The van der Waals surface area contributed by atoms with Crippen molar-refractivity contribution >= 4 is 0 Å². The largest absolute Gasteiger partial charge is 0.381 e. The lowest BCUT2D eigenvalue weighted by Gasteiger charge is -2.22. The highest BCUT2D eigenvalue weighted by molar-refractivity contribution is 5.37. The zero-order chi connectivity index (χ0) is 12.6. The molecule has 1 aliphatic rings. The minimum absolute atomic E-state index is 0.331. The van der Waals surface area contributed by atoms with E-state index in [-0.39, 0.29) is 0 Å². The molecule has 0 atom stereocenters. The first kappa shape index (κ1) is 13.1. The predicted molar refractivity (Wildman–Crippen MR) is 71.0 cm³/mol. The summed E-state index contributed by atoms with van der Waals surface area (Å²) in [6.07, 6.45) is 2.32. The van der Waals surface area contributed by atoms with Crippen LogP contribution >= 0.6 is 0 Å². The average molecular weight is 245 g/mol. The fourth-order valence-electron chi connectivity index (χ4n) is 1.95. The Kier molecular flexibility index (Phi) is 5.22. The maximum absolute atomic E-state index is 5.88. The van der Waals surface area contributed by atoms with E-state index in [0.29, 0.717) is 19.3 Å². The van der Waals surface area contributed by atoms with Crippen molar-refractivity contribution in [1.82, 2.24) is 0 Å². The number of hydrogen-bond acceptors (Lipinski definition) is 3. The van der Waals surface area contributed by atoms with Crippen molar-refractivity contribution in [3.05, 3.63) is 35.4 Å². The molecule has 1 heterocycles. The van der Waals surface area contributed by atoms with E-state index in [9.17, 15) is 0 Å². The molecule has 96 valence electrons. The van der Waals surface area contributed by atoms with Gasteiger partial charge in [0, 0.05) is 18.8 Å². The van der Waals surface area contributed by atoms with E-state index in [2.05, 4.69) is 24.0 Å². The van der Waals surface area contributed by atoms with Gasteiger partial charge in [-0.25, -0.2) is 0 Å². The fourth-order valence-corrected chi connectivity index (χ4v) is 1.95. The molecule has 0 amide bonds. The molecular weight excluding hydrogens is 226 g/mol. The van der Waals surface area contributed by atoms with Gasteiger partial charge in [-0.2, -0.15) is 0 Å². The monoisotopic (exact) mass is 245 g/mol. The first-order valence-electron chi connectivity index (χ1n) is 6.35. The van der Waals surface area contributed by atoms with E-state index in [1.165, 1.54) is 0 Å². The van der Waals surface area contributed by atoms with Crippen molar-refractivity contribution < 1.29 is 9.47 Å². The van der Waals surface area contributed by atoms with E-state index in [1.54, 1.807) is 0 Å². The molecule has 0 aliphatic carbocycles. The van der Waals surface area contributed by atoms with Crippen molar-refractivity contribution in [2.24, 2.45) is 5.73 Å². The van der Waals surface area contributed by atoms with Gasteiger partial charge in [0.05, 0.1) is 19.3 Å². The van der Waals surface area contributed by atoms with Gasteiger partial charge >= 0.3 is 0 Å². The van der Waals surface area contributed by atoms with Gasteiger partial charge in [0.2, 0.25) is 0 Å². The van der Waals surface area contributed by atoms with Crippen molar-refractivity contribution in [1.29, 1.82) is 0 Å². The summed E-state index contributed by atoms with van der Waals surface area (Å²) in [6, 6.07) is 8.11. The molecule has 0 radical (unpaired) electrons. The van der Waals surface area contributed by atoms with Crippen LogP contribution in [0, 0.1) is 11.8 Å². The standard InChI is InChI=1S/C15H19NO2/c16-8-2-5-13-3-1-4-14(11-13)12-18-15-6-9-17-10-7-15/h1,3-4,11,15H,6-10,12,16H2. The summed E-state index contributed by atoms with van der Waals surface area (Å²) in [4.78, 5) is 0. The van der Waals surface area contributed by atoms with E-state index >= 15 is 0 Å². The van der Waals surface area contributed by atoms with Crippen LogP contribution in [0.5, 0.6) is 0 Å². The van der Waals surface area contributed by atoms with Crippen molar-refractivity contribution in [2.45, 2.75) is 25.6 Å². The van der Waals surface area contributed by atoms with Gasteiger partial charge in [-0.15, -0.1) is 0 Å². The van der Waals surface area contributed by atoms with E-state index < -0.39 is 0 Å². The Bertz CT molecular complexity index is 428. The van der Waals surface area contributed by atoms with Crippen molar-refractivity contribution in [2.75, 3.05) is 19.8 Å². The zero-order valence-electron chi connectivity index (χ0n) is 10.5. The van der Waals surface area contributed by atoms with Gasteiger partial charge in [-0.1, -0.05) is 24.0 Å². The molecule has 3 heteroatoms. The Morgan fingerprint density at radius 1 is 1.33 bits per heavy atom. The third kappa shape index (κ3) is 4.15. The first-order chi connectivity index (χ1) is 8.88. The Morgan fingerprint density at radius 2 is 2.17 bits per heavy atom. The summed E-state index contributed by atoms with van der Waals surface area (Å²) >= 11 is 0. The maximum Gasteiger partial charge on any atom is 0.0721 e. The van der Waals surface area contributed by atoms with Crippen LogP contribution in [0.25, 0.3) is 0 Å². The number of nitrogens with two attached hydrogens (primary N) is 1. The smallest absolute Gasteiger partial charge is 0.0721 e. The Morgan fingerprint density at radius 3 is 2.94 bits per heavy atom. The zero-order valence-corrected chi connectivity index (χ0v) is 10.5. The number of benzene rings is 1. The van der Waals surface area contributed by atoms with Crippen LogP contribution in [0.15, 0.2) is 24.3 Å². The minimum Gasteiger partial charge on any atom is -0.381 e. The molecule has 0 bridgehead atoms. The van der Waals surface area contributed by atoms with Gasteiger partial charge in [0.25, 0.3) is 0 Å². The van der Waals surface area contributed by atoms with Gasteiger partial charge in [0.15, 0.2) is 0 Å². The van der Waals surface area contributed by atoms with Gasteiger partial charge < -0.3 is 15.2 Å². The first-order valence-corrected chi connectivity index (χ1v) is 6.35. The van der Waals surface area contributed by atoms with Crippen LogP contribution in [0.3, 0.4) is 0 Å². The van der Waals surface area contributed by atoms with Crippen LogP contribution in [-0.4, -0.2) is 25.9 Å². The van der Waals surface area contributed by atoms with E-state index in [1.807, 2.05) is 12.1 Å². The quantitative estimate of drug-likeness (QED) is 0.824. The third-order valence-corrected chi connectivity index (χ3v) is 2.92. The summed E-state index contributed by atoms with van der Waals surface area (Å²) < 4.78 is 11.2. The summed E-state index contributed by atoms with van der Waals surface area (Å²) in [5.41, 5.74) is 7.51. The highest BCUT2D eigenvalue weighted by Crippen LogP contribution is 2.14. The normalized spacial score (nSPS) is 16.1. The van der Waals surface area contributed by atoms with Crippen LogP contribution in [0.2, 0.25) is 0 Å². The summed E-state index contributed by atoms with van der Waals surface area (Å²) in [5, 5.41) is 0. The summed E-state index contributed by atoms with van der Waals surface area (Å²) in [6.45, 7) is 2.66. The number of rotatable bonds is 3. The third-order valence-electron chi connectivity index (χ3n) is 2.92. The minimum atomic E-state index is 0.331. The van der Waals surface area contributed by atoms with Gasteiger partial charge in [-0.05, 0) is 30.5 Å². The molecule has 18 heavy (non-hydrogen) atoms. The second-order valence-electron chi connectivity index (χ2n) is 4.33. The Labute approximate surface area is 108 Å². The molecule has 1 aromatic carbocycles. The molecule has 0 unspecified atom stereocenters. The molecule has 1 aliphatic heterocycles. The van der Waals surface area contributed by atoms with E-state index in [0.717, 1.165) is 37.2 Å². The molecule has 1 saturated heterocycles. The highest BCUT2D eigenvalue weighted by atomic mass is 16.5. The van der Waals surface area contributed by atoms with Gasteiger partial charge in [-0.3, -0.25) is 0 Å². The molecule has 0 saturated carbocycles. The molecule has 0 spiro atoms. The van der Waals surface area contributed by atoms with Crippen LogP contribution in [-0.2, 0) is 16.1 Å². The molecule has 1 fully saturated rings. The van der Waals surface area contributed by atoms with E-state index in [4.69, 9.17) is 15.2 Å². The number of hydrogen-bond donors (Lipinski definition) is 1. The van der Waals surface area contributed by atoms with Crippen LogP contribution in [0.1, 0.15) is 24.0 Å². The molecular formula is C15H19NO2. The second kappa shape index (κ2) is 7.17. The predicted octanol–water partition coefficient (Wildman–Crippen LogP) is 1.69. The highest BCUT2D eigenvalue weighted by Gasteiger charge is 2.13. The van der Waals surface area contributed by atoms with Gasteiger partial charge in [0.1, 0.15) is 0 Å². The lowest BCUT2D eigenvalue weighted by molar-refractivity contribution is -0.0390. The lowest BCUT2D eigenvalue weighted by atomic mass is 10.1. The Hall–Kier alpha value is -1.34. The second-order valence-corrected chi connectivity index (χ2v) is 4.33. The fraction of sp³-hybridized carbons (Fsp3) is 0.467. The molecule has 2 rings (SSSR count). The molecule has 3 nitrogen and oxygen atoms in total. The molecule has 0 aromatic heterocycles. The maximum atomic E-state index is 5.88. The lowest BCUT2D eigenvalue weighted by Crippen LogP contribution is -2.23. The molecule has 1 aromatic rings. The van der Waals surface area contributed by atoms with Crippen molar-refractivity contribution in [3.63, 3.8) is 0 Å². The van der Waals surface area contributed by atoms with Crippen LogP contribution < -0.4 is 5.73 Å². The average Bonchev–Trinajstić information content (AvgIpc) is 2.44. The Balaban J connectivity index is 1.88. The van der Waals surface area contributed by atoms with Crippen molar-refractivity contribution in [3.8, 4) is 11.8 Å². The number of ether oxygens (including phenoxy) is 2.